The quantitative estimate of drug-likeness (QED) is 0.815. The van der Waals surface area contributed by atoms with E-state index >= 15 is 0 Å². The maximum Gasteiger partial charge on any atom is 0.306 e. The monoisotopic (exact) mass is 269 g/mol. The van der Waals surface area contributed by atoms with Crippen LogP contribution in [0.1, 0.15) is 44.9 Å². The number of carboxylic acids is 1. The molecule has 5 nitrogen and oxygen atoms in total. The van der Waals surface area contributed by atoms with Crippen LogP contribution in [0.5, 0.6) is 0 Å². The summed E-state index contributed by atoms with van der Waals surface area (Å²) >= 11 is 0. The first-order chi connectivity index (χ1) is 9.16. The van der Waals surface area contributed by atoms with Gasteiger partial charge in [-0.15, -0.1) is 0 Å². The van der Waals surface area contributed by atoms with Crippen LogP contribution in [0.3, 0.4) is 0 Å². The zero-order chi connectivity index (χ0) is 13.7. The number of hydrogen-bond donors (Lipinski definition) is 2. The Morgan fingerprint density at radius 3 is 2.58 bits per heavy atom. The number of aliphatic carboxylic acids is 1. The molecule has 19 heavy (non-hydrogen) atoms. The van der Waals surface area contributed by atoms with Crippen molar-refractivity contribution in [2.75, 3.05) is 13.2 Å². The van der Waals surface area contributed by atoms with Gasteiger partial charge in [-0.2, -0.15) is 0 Å². The van der Waals surface area contributed by atoms with E-state index in [1.165, 1.54) is 0 Å². The van der Waals surface area contributed by atoms with Crippen LogP contribution in [0.4, 0.5) is 0 Å². The van der Waals surface area contributed by atoms with Crippen molar-refractivity contribution in [3.8, 4) is 0 Å². The lowest BCUT2D eigenvalue weighted by atomic mass is 9.81. The molecule has 0 radical (unpaired) electrons. The Balaban J connectivity index is 1.83. The van der Waals surface area contributed by atoms with Crippen LogP contribution in [-0.4, -0.2) is 36.2 Å². The van der Waals surface area contributed by atoms with Gasteiger partial charge in [-0.3, -0.25) is 9.59 Å². The number of carbonyl (C=O) groups is 2. The van der Waals surface area contributed by atoms with Gasteiger partial charge in [-0.05, 0) is 38.5 Å². The van der Waals surface area contributed by atoms with Gasteiger partial charge in [0.15, 0.2) is 0 Å². The molecule has 1 amide bonds. The maximum atomic E-state index is 12.2. The van der Waals surface area contributed by atoms with Gasteiger partial charge in [0.1, 0.15) is 0 Å². The van der Waals surface area contributed by atoms with E-state index in [0.29, 0.717) is 19.4 Å². The third-order valence-electron chi connectivity index (χ3n) is 4.19. The van der Waals surface area contributed by atoms with Crippen LogP contribution in [-0.2, 0) is 14.3 Å². The SMILES string of the molecule is O=C(O)C1CCCC(C(=O)NC2CCCOCC2)C1. The largest absolute Gasteiger partial charge is 0.481 e. The van der Waals surface area contributed by atoms with Crippen molar-refractivity contribution in [1.82, 2.24) is 5.32 Å². The molecule has 0 aromatic heterocycles. The van der Waals surface area contributed by atoms with Gasteiger partial charge < -0.3 is 15.2 Å². The molecule has 1 saturated heterocycles. The van der Waals surface area contributed by atoms with Crippen molar-refractivity contribution in [1.29, 1.82) is 0 Å². The Bertz CT molecular complexity index is 323. The van der Waals surface area contributed by atoms with Gasteiger partial charge in [0.25, 0.3) is 0 Å². The Kier molecular flexibility index (Phi) is 5.19. The van der Waals surface area contributed by atoms with E-state index in [0.717, 1.165) is 38.7 Å². The molecule has 108 valence electrons. The fraction of sp³-hybridized carbons (Fsp3) is 0.857. The predicted octanol–water partition coefficient (Wildman–Crippen LogP) is 1.56. The minimum absolute atomic E-state index is 0.0397. The first kappa shape index (κ1) is 14.3. The number of nitrogens with one attached hydrogen (secondary N) is 1. The standard InChI is InChI=1S/C14H23NO4/c16-13(15-12-5-2-7-19-8-6-12)10-3-1-4-11(9-10)14(17)18/h10-12H,1-9H2,(H,15,16)(H,17,18). The van der Waals surface area contributed by atoms with Crippen LogP contribution >= 0.6 is 0 Å². The molecule has 2 fully saturated rings. The fourth-order valence-corrected chi connectivity index (χ4v) is 3.02. The normalized spacial score (nSPS) is 32.3. The molecule has 0 aromatic rings. The van der Waals surface area contributed by atoms with E-state index in [9.17, 15) is 9.59 Å². The van der Waals surface area contributed by atoms with Gasteiger partial charge >= 0.3 is 5.97 Å². The maximum absolute atomic E-state index is 12.2. The van der Waals surface area contributed by atoms with Crippen molar-refractivity contribution < 1.29 is 19.4 Å². The number of ether oxygens (including phenoxy) is 1. The van der Waals surface area contributed by atoms with Crippen molar-refractivity contribution in [2.24, 2.45) is 11.8 Å². The summed E-state index contributed by atoms with van der Waals surface area (Å²) in [5, 5.41) is 12.1. The van der Waals surface area contributed by atoms with Crippen molar-refractivity contribution in [2.45, 2.75) is 51.0 Å². The smallest absolute Gasteiger partial charge is 0.306 e. The minimum Gasteiger partial charge on any atom is -0.481 e. The minimum atomic E-state index is -0.764. The van der Waals surface area contributed by atoms with Crippen LogP contribution in [0, 0.1) is 11.8 Å². The fourth-order valence-electron chi connectivity index (χ4n) is 3.02. The molecule has 2 N–H and O–H groups in total. The molecule has 3 unspecified atom stereocenters. The van der Waals surface area contributed by atoms with E-state index < -0.39 is 5.97 Å². The summed E-state index contributed by atoms with van der Waals surface area (Å²) in [6, 6.07) is 0.195. The summed E-state index contributed by atoms with van der Waals surface area (Å²) in [6.07, 6.45) is 5.65. The highest BCUT2D eigenvalue weighted by molar-refractivity contribution is 5.80. The molecule has 1 aliphatic heterocycles. The van der Waals surface area contributed by atoms with Gasteiger partial charge in [-0.25, -0.2) is 0 Å². The van der Waals surface area contributed by atoms with E-state index in [4.69, 9.17) is 9.84 Å². The first-order valence-corrected chi connectivity index (χ1v) is 7.27. The highest BCUT2D eigenvalue weighted by atomic mass is 16.5. The number of amides is 1. The molecule has 0 aromatic carbocycles. The molecule has 1 heterocycles. The van der Waals surface area contributed by atoms with Gasteiger partial charge in [0.2, 0.25) is 5.91 Å². The summed E-state index contributed by atoms with van der Waals surface area (Å²) in [6.45, 7) is 1.48. The molecule has 1 saturated carbocycles. The second-order valence-corrected chi connectivity index (χ2v) is 5.65. The average Bonchev–Trinajstić information content (AvgIpc) is 2.67. The first-order valence-electron chi connectivity index (χ1n) is 7.27. The summed E-state index contributed by atoms with van der Waals surface area (Å²) < 4.78 is 5.37. The Labute approximate surface area is 113 Å². The highest BCUT2D eigenvalue weighted by Gasteiger charge is 2.31. The average molecular weight is 269 g/mol. The molecule has 5 heteroatoms. The molecule has 3 atom stereocenters. The van der Waals surface area contributed by atoms with Crippen LogP contribution in [0.25, 0.3) is 0 Å². The van der Waals surface area contributed by atoms with Gasteiger partial charge in [0.05, 0.1) is 5.92 Å². The van der Waals surface area contributed by atoms with Crippen LogP contribution in [0.15, 0.2) is 0 Å². The van der Waals surface area contributed by atoms with E-state index in [1.54, 1.807) is 0 Å². The predicted molar refractivity (Wildman–Crippen MR) is 69.7 cm³/mol. The lowest BCUT2D eigenvalue weighted by Crippen LogP contribution is -2.41. The number of rotatable bonds is 3. The molecular formula is C14H23NO4. The number of carbonyl (C=O) groups excluding carboxylic acids is 1. The third-order valence-corrected chi connectivity index (χ3v) is 4.19. The Morgan fingerprint density at radius 2 is 1.79 bits per heavy atom. The topological polar surface area (TPSA) is 75.6 Å². The summed E-state index contributed by atoms with van der Waals surface area (Å²) in [5.74, 6) is -1.20. The molecular weight excluding hydrogens is 246 g/mol. The second kappa shape index (κ2) is 6.89. The van der Waals surface area contributed by atoms with Gasteiger partial charge in [0, 0.05) is 25.2 Å². The zero-order valence-electron chi connectivity index (χ0n) is 11.3. The molecule has 2 aliphatic rings. The number of carboxylic acid groups (broad SMARTS) is 1. The van der Waals surface area contributed by atoms with Crippen LogP contribution in [0.2, 0.25) is 0 Å². The second-order valence-electron chi connectivity index (χ2n) is 5.65. The van der Waals surface area contributed by atoms with E-state index in [2.05, 4.69) is 5.32 Å². The molecule has 0 bridgehead atoms. The Hall–Kier alpha value is -1.10. The molecule has 1 aliphatic carbocycles. The summed E-state index contributed by atoms with van der Waals surface area (Å²) in [4.78, 5) is 23.2. The van der Waals surface area contributed by atoms with Crippen molar-refractivity contribution >= 4 is 11.9 Å². The lowest BCUT2D eigenvalue weighted by molar-refractivity contribution is -0.144. The van der Waals surface area contributed by atoms with E-state index in [-0.39, 0.29) is 23.8 Å². The zero-order valence-corrected chi connectivity index (χ0v) is 11.3. The van der Waals surface area contributed by atoms with Crippen LogP contribution < -0.4 is 5.32 Å². The molecule has 2 rings (SSSR count). The summed E-state index contributed by atoms with van der Waals surface area (Å²) in [5.41, 5.74) is 0. The highest BCUT2D eigenvalue weighted by Crippen LogP contribution is 2.29. The third kappa shape index (κ3) is 4.20. The molecule has 0 spiro atoms. The van der Waals surface area contributed by atoms with Crippen molar-refractivity contribution in [3.63, 3.8) is 0 Å². The van der Waals surface area contributed by atoms with Gasteiger partial charge in [-0.1, -0.05) is 6.42 Å². The lowest BCUT2D eigenvalue weighted by Gasteiger charge is -2.27. The Morgan fingerprint density at radius 1 is 1.00 bits per heavy atom. The summed E-state index contributed by atoms with van der Waals surface area (Å²) in [7, 11) is 0. The van der Waals surface area contributed by atoms with E-state index in [1.807, 2.05) is 0 Å². The van der Waals surface area contributed by atoms with Crippen molar-refractivity contribution in [3.05, 3.63) is 0 Å². The number of hydrogen-bond acceptors (Lipinski definition) is 3.